The first-order valence-electron chi connectivity index (χ1n) is 9.10. The molecule has 3 atom stereocenters. The number of carboxylic acid groups (broad SMARTS) is 1. The van der Waals surface area contributed by atoms with Gasteiger partial charge in [0.25, 0.3) is 0 Å². The molecule has 1 aliphatic heterocycles. The van der Waals surface area contributed by atoms with E-state index in [1.807, 2.05) is 37.3 Å². The molecule has 1 heterocycles. The number of ether oxygens (including phenoxy) is 2. The van der Waals surface area contributed by atoms with Crippen molar-refractivity contribution < 1.29 is 24.2 Å². The van der Waals surface area contributed by atoms with Gasteiger partial charge in [0.1, 0.15) is 6.10 Å². The predicted octanol–water partition coefficient (Wildman–Crippen LogP) is 1.96. The summed E-state index contributed by atoms with van der Waals surface area (Å²) in [6.07, 6.45) is 1.50. The maximum Gasteiger partial charge on any atom is 0.315 e. The second-order valence-corrected chi connectivity index (χ2v) is 6.40. The van der Waals surface area contributed by atoms with Crippen LogP contribution in [0.15, 0.2) is 30.3 Å². The first kappa shape index (κ1) is 20.2. The molecular formula is C19H28N2O5. The number of hydrogen-bond donors (Lipinski definition) is 3. The fourth-order valence-corrected chi connectivity index (χ4v) is 3.07. The first-order chi connectivity index (χ1) is 12.6. The smallest absolute Gasteiger partial charge is 0.315 e. The van der Waals surface area contributed by atoms with Crippen LogP contribution in [0.2, 0.25) is 0 Å². The molecule has 1 fully saturated rings. The fourth-order valence-electron chi connectivity index (χ4n) is 3.07. The molecule has 1 saturated heterocycles. The summed E-state index contributed by atoms with van der Waals surface area (Å²) in [6, 6.07) is 9.06. The molecule has 2 amide bonds. The zero-order valence-corrected chi connectivity index (χ0v) is 15.1. The molecule has 0 bridgehead atoms. The van der Waals surface area contributed by atoms with Crippen LogP contribution < -0.4 is 10.6 Å². The Balaban J connectivity index is 1.92. The van der Waals surface area contributed by atoms with E-state index in [0.29, 0.717) is 39.1 Å². The quantitative estimate of drug-likeness (QED) is 0.622. The van der Waals surface area contributed by atoms with Crippen molar-refractivity contribution in [3.05, 3.63) is 35.9 Å². The summed E-state index contributed by atoms with van der Waals surface area (Å²) in [5, 5.41) is 14.8. The van der Waals surface area contributed by atoms with Crippen molar-refractivity contribution in [1.82, 2.24) is 10.6 Å². The number of carbonyl (C=O) groups is 2. The minimum Gasteiger partial charge on any atom is -0.481 e. The van der Waals surface area contributed by atoms with Gasteiger partial charge in [-0.2, -0.15) is 0 Å². The molecule has 7 heteroatoms. The molecule has 0 aromatic heterocycles. The van der Waals surface area contributed by atoms with Gasteiger partial charge >= 0.3 is 12.0 Å². The topological polar surface area (TPSA) is 96.9 Å². The number of carbonyl (C=O) groups excluding carboxylic acids is 1. The van der Waals surface area contributed by atoms with Gasteiger partial charge in [-0.05, 0) is 31.7 Å². The van der Waals surface area contributed by atoms with Crippen molar-refractivity contribution in [3.8, 4) is 0 Å². The summed E-state index contributed by atoms with van der Waals surface area (Å²) in [7, 11) is 0. The van der Waals surface area contributed by atoms with Gasteiger partial charge in [-0.25, -0.2) is 4.79 Å². The molecule has 3 unspecified atom stereocenters. The van der Waals surface area contributed by atoms with Crippen LogP contribution in [-0.4, -0.2) is 55.1 Å². The predicted molar refractivity (Wildman–Crippen MR) is 97.1 cm³/mol. The lowest BCUT2D eigenvalue weighted by molar-refractivity contribution is -0.137. The Morgan fingerprint density at radius 3 is 2.81 bits per heavy atom. The van der Waals surface area contributed by atoms with Crippen LogP contribution in [0.3, 0.4) is 0 Å². The molecule has 26 heavy (non-hydrogen) atoms. The number of benzene rings is 1. The van der Waals surface area contributed by atoms with Crippen LogP contribution in [0, 0.1) is 0 Å². The van der Waals surface area contributed by atoms with Gasteiger partial charge in [-0.15, -0.1) is 0 Å². The van der Waals surface area contributed by atoms with Crippen LogP contribution in [-0.2, 0) is 20.7 Å². The summed E-state index contributed by atoms with van der Waals surface area (Å²) in [5.74, 6) is -0.869. The third kappa shape index (κ3) is 7.01. The molecule has 3 N–H and O–H groups in total. The van der Waals surface area contributed by atoms with Gasteiger partial charge in [0, 0.05) is 25.7 Å². The Morgan fingerprint density at radius 2 is 2.12 bits per heavy atom. The second kappa shape index (κ2) is 10.8. The molecule has 2 rings (SSSR count). The van der Waals surface area contributed by atoms with Gasteiger partial charge in [0.05, 0.1) is 12.6 Å². The normalized spacial score (nSPS) is 21.0. The van der Waals surface area contributed by atoms with Crippen LogP contribution in [0.4, 0.5) is 4.79 Å². The van der Waals surface area contributed by atoms with Crippen molar-refractivity contribution in [3.63, 3.8) is 0 Å². The van der Waals surface area contributed by atoms with E-state index in [1.165, 1.54) is 0 Å². The number of hydrogen-bond acceptors (Lipinski definition) is 4. The second-order valence-electron chi connectivity index (χ2n) is 6.40. The molecule has 1 aromatic rings. The monoisotopic (exact) mass is 364 g/mol. The van der Waals surface area contributed by atoms with Crippen molar-refractivity contribution in [2.75, 3.05) is 19.8 Å². The van der Waals surface area contributed by atoms with E-state index in [1.54, 1.807) is 0 Å². The highest BCUT2D eigenvalue weighted by molar-refractivity contribution is 5.75. The Kier molecular flexibility index (Phi) is 8.37. The van der Waals surface area contributed by atoms with Crippen molar-refractivity contribution in [2.24, 2.45) is 0 Å². The number of aliphatic carboxylic acids is 1. The zero-order chi connectivity index (χ0) is 18.8. The molecule has 0 aliphatic carbocycles. The van der Waals surface area contributed by atoms with Gasteiger partial charge < -0.3 is 25.2 Å². The minimum absolute atomic E-state index is 0.0105. The van der Waals surface area contributed by atoms with E-state index < -0.39 is 5.97 Å². The summed E-state index contributed by atoms with van der Waals surface area (Å²) in [6.45, 7) is 3.52. The summed E-state index contributed by atoms with van der Waals surface area (Å²) in [4.78, 5) is 23.4. The third-order valence-corrected chi connectivity index (χ3v) is 4.37. The van der Waals surface area contributed by atoms with E-state index in [9.17, 15) is 9.59 Å². The fraction of sp³-hybridized carbons (Fsp3) is 0.579. The zero-order valence-electron chi connectivity index (χ0n) is 15.1. The van der Waals surface area contributed by atoms with Gasteiger partial charge in [-0.3, -0.25) is 4.79 Å². The van der Waals surface area contributed by atoms with Crippen LogP contribution in [0.1, 0.15) is 31.7 Å². The molecular weight excluding hydrogens is 336 g/mol. The van der Waals surface area contributed by atoms with Crippen LogP contribution in [0.25, 0.3) is 0 Å². The van der Waals surface area contributed by atoms with Crippen molar-refractivity contribution in [2.45, 2.75) is 50.8 Å². The molecule has 0 saturated carbocycles. The average Bonchev–Trinajstić information content (AvgIpc) is 2.62. The largest absolute Gasteiger partial charge is 0.481 e. The molecule has 144 valence electrons. The Hall–Kier alpha value is -2.12. The lowest BCUT2D eigenvalue weighted by Gasteiger charge is -2.32. The number of urea groups is 1. The SMILES string of the molecule is CCOC1COCCC1NC(=O)NC(CCC(=O)O)Cc1ccccc1. The highest BCUT2D eigenvalue weighted by Crippen LogP contribution is 2.12. The number of rotatable bonds is 9. The standard InChI is InChI=1S/C19H28N2O5/c1-2-26-17-13-25-11-10-16(17)21-19(24)20-15(8-9-18(22)23)12-14-6-4-3-5-7-14/h3-7,15-17H,2,8-13H2,1H3,(H,22,23)(H2,20,21,24). The van der Waals surface area contributed by atoms with Crippen LogP contribution in [0.5, 0.6) is 0 Å². The molecule has 1 aliphatic rings. The van der Waals surface area contributed by atoms with Gasteiger partial charge in [0.15, 0.2) is 0 Å². The van der Waals surface area contributed by atoms with Crippen molar-refractivity contribution >= 4 is 12.0 Å². The highest BCUT2D eigenvalue weighted by Gasteiger charge is 2.28. The maximum atomic E-state index is 12.4. The Bertz CT molecular complexity index is 564. The van der Waals surface area contributed by atoms with Crippen molar-refractivity contribution in [1.29, 1.82) is 0 Å². The summed E-state index contributed by atoms with van der Waals surface area (Å²) >= 11 is 0. The number of carboxylic acids is 1. The molecule has 0 radical (unpaired) electrons. The number of nitrogens with one attached hydrogen (secondary N) is 2. The Morgan fingerprint density at radius 1 is 1.35 bits per heavy atom. The lowest BCUT2D eigenvalue weighted by Crippen LogP contribution is -2.54. The van der Waals surface area contributed by atoms with Gasteiger partial charge in [0.2, 0.25) is 0 Å². The highest BCUT2D eigenvalue weighted by atomic mass is 16.5. The third-order valence-electron chi connectivity index (χ3n) is 4.37. The maximum absolute atomic E-state index is 12.4. The first-order valence-corrected chi connectivity index (χ1v) is 9.10. The summed E-state index contributed by atoms with van der Waals surface area (Å²) in [5.41, 5.74) is 1.06. The number of amides is 2. The van der Waals surface area contributed by atoms with Crippen LogP contribution >= 0.6 is 0 Å². The molecule has 0 spiro atoms. The average molecular weight is 364 g/mol. The molecule has 1 aromatic carbocycles. The lowest BCUT2D eigenvalue weighted by atomic mass is 10.0. The minimum atomic E-state index is -0.869. The van der Waals surface area contributed by atoms with E-state index in [2.05, 4.69) is 10.6 Å². The molecule has 7 nitrogen and oxygen atoms in total. The van der Waals surface area contributed by atoms with Gasteiger partial charge in [-0.1, -0.05) is 30.3 Å². The Labute approximate surface area is 154 Å². The van der Waals surface area contributed by atoms with E-state index in [-0.39, 0.29) is 30.6 Å². The van der Waals surface area contributed by atoms with E-state index in [0.717, 1.165) is 5.56 Å². The summed E-state index contributed by atoms with van der Waals surface area (Å²) < 4.78 is 11.0. The van der Waals surface area contributed by atoms with E-state index >= 15 is 0 Å². The van der Waals surface area contributed by atoms with E-state index in [4.69, 9.17) is 14.6 Å².